The van der Waals surface area contributed by atoms with Gasteiger partial charge in [-0.1, -0.05) is 42.3 Å². The van der Waals surface area contributed by atoms with Crippen molar-refractivity contribution in [1.82, 2.24) is 10.3 Å². The maximum Gasteiger partial charge on any atom is 0.129 e. The van der Waals surface area contributed by atoms with E-state index in [0.717, 1.165) is 35.2 Å². The second-order valence-electron chi connectivity index (χ2n) is 4.86. The standard InChI is InChI=1S/C16H19Cl2N3/c1-3-19-10-15-14(18)7-8-16(20-15)21(2)11-12-5-4-6-13(17)9-12/h4-9,19H,3,10-11H2,1-2H3. The summed E-state index contributed by atoms with van der Waals surface area (Å²) in [6.07, 6.45) is 0. The fraction of sp³-hybridized carbons (Fsp3) is 0.312. The van der Waals surface area contributed by atoms with Crippen LogP contribution in [0.3, 0.4) is 0 Å². The molecule has 0 radical (unpaired) electrons. The third kappa shape index (κ3) is 4.60. The van der Waals surface area contributed by atoms with E-state index in [1.54, 1.807) is 0 Å². The van der Waals surface area contributed by atoms with Gasteiger partial charge in [0, 0.05) is 25.2 Å². The molecule has 5 heteroatoms. The SMILES string of the molecule is CCNCc1nc(N(C)Cc2cccc(Cl)c2)ccc1Cl. The lowest BCUT2D eigenvalue weighted by atomic mass is 10.2. The van der Waals surface area contributed by atoms with Gasteiger partial charge in [-0.15, -0.1) is 0 Å². The number of halogens is 2. The molecule has 2 rings (SSSR count). The van der Waals surface area contributed by atoms with Gasteiger partial charge in [-0.2, -0.15) is 0 Å². The molecule has 2 aromatic rings. The predicted molar refractivity (Wildman–Crippen MR) is 90.2 cm³/mol. The molecule has 0 saturated heterocycles. The number of rotatable bonds is 6. The van der Waals surface area contributed by atoms with Gasteiger partial charge < -0.3 is 10.2 Å². The number of pyridine rings is 1. The molecule has 0 atom stereocenters. The average molecular weight is 324 g/mol. The highest BCUT2D eigenvalue weighted by Crippen LogP contribution is 2.20. The Morgan fingerprint density at radius 2 is 2.00 bits per heavy atom. The van der Waals surface area contributed by atoms with Crippen molar-refractivity contribution < 1.29 is 0 Å². The molecule has 0 aliphatic rings. The Balaban J connectivity index is 2.13. The lowest BCUT2D eigenvalue weighted by Crippen LogP contribution is -2.19. The van der Waals surface area contributed by atoms with Crippen LogP contribution in [0.4, 0.5) is 5.82 Å². The second kappa shape index (κ2) is 7.64. The van der Waals surface area contributed by atoms with E-state index >= 15 is 0 Å². The van der Waals surface area contributed by atoms with E-state index in [4.69, 9.17) is 23.2 Å². The first-order valence-electron chi connectivity index (χ1n) is 6.92. The number of hydrogen-bond donors (Lipinski definition) is 1. The van der Waals surface area contributed by atoms with Crippen LogP contribution in [0, 0.1) is 0 Å². The summed E-state index contributed by atoms with van der Waals surface area (Å²) in [5.74, 6) is 0.896. The number of hydrogen-bond acceptors (Lipinski definition) is 3. The van der Waals surface area contributed by atoms with Gasteiger partial charge in [-0.05, 0) is 36.4 Å². The Bertz CT molecular complexity index is 602. The number of benzene rings is 1. The van der Waals surface area contributed by atoms with E-state index < -0.39 is 0 Å². The van der Waals surface area contributed by atoms with Crippen molar-refractivity contribution in [2.45, 2.75) is 20.0 Å². The Labute approximate surface area is 135 Å². The van der Waals surface area contributed by atoms with Gasteiger partial charge in [-0.3, -0.25) is 0 Å². The van der Waals surface area contributed by atoms with Crippen LogP contribution in [0.5, 0.6) is 0 Å². The van der Waals surface area contributed by atoms with Gasteiger partial charge in [0.25, 0.3) is 0 Å². The lowest BCUT2D eigenvalue weighted by molar-refractivity contribution is 0.708. The van der Waals surface area contributed by atoms with Gasteiger partial charge in [-0.25, -0.2) is 4.98 Å². The lowest BCUT2D eigenvalue weighted by Gasteiger charge is -2.19. The number of nitrogens with zero attached hydrogens (tertiary/aromatic N) is 2. The second-order valence-corrected chi connectivity index (χ2v) is 5.71. The van der Waals surface area contributed by atoms with Crippen molar-refractivity contribution in [3.63, 3.8) is 0 Å². The van der Waals surface area contributed by atoms with E-state index in [0.29, 0.717) is 11.6 Å². The zero-order chi connectivity index (χ0) is 15.2. The maximum atomic E-state index is 6.18. The Morgan fingerprint density at radius 1 is 1.19 bits per heavy atom. The van der Waals surface area contributed by atoms with Gasteiger partial charge in [0.2, 0.25) is 0 Å². The molecule has 0 spiro atoms. The Hall–Kier alpha value is -1.29. The molecule has 0 bridgehead atoms. The topological polar surface area (TPSA) is 28.2 Å². The van der Waals surface area contributed by atoms with Crippen molar-refractivity contribution >= 4 is 29.0 Å². The minimum Gasteiger partial charge on any atom is -0.355 e. The monoisotopic (exact) mass is 323 g/mol. The molecular formula is C16H19Cl2N3. The molecule has 112 valence electrons. The minimum absolute atomic E-state index is 0.675. The fourth-order valence-electron chi connectivity index (χ4n) is 2.04. The van der Waals surface area contributed by atoms with E-state index in [1.165, 1.54) is 0 Å². The maximum absolute atomic E-state index is 6.18. The van der Waals surface area contributed by atoms with Crippen LogP contribution in [-0.4, -0.2) is 18.6 Å². The first-order valence-corrected chi connectivity index (χ1v) is 7.67. The van der Waals surface area contributed by atoms with Crippen LogP contribution in [0.25, 0.3) is 0 Å². The highest BCUT2D eigenvalue weighted by Gasteiger charge is 2.08. The smallest absolute Gasteiger partial charge is 0.129 e. The first-order chi connectivity index (χ1) is 10.1. The van der Waals surface area contributed by atoms with Gasteiger partial charge in [0.05, 0.1) is 10.7 Å². The molecule has 21 heavy (non-hydrogen) atoms. The summed E-state index contributed by atoms with van der Waals surface area (Å²) in [5.41, 5.74) is 2.02. The van der Waals surface area contributed by atoms with E-state index in [2.05, 4.69) is 28.2 Å². The van der Waals surface area contributed by atoms with Crippen LogP contribution < -0.4 is 10.2 Å². The summed E-state index contributed by atoms with van der Waals surface area (Å²) in [7, 11) is 2.01. The van der Waals surface area contributed by atoms with E-state index in [1.807, 2.05) is 37.4 Å². The molecule has 0 unspecified atom stereocenters. The van der Waals surface area contributed by atoms with Gasteiger partial charge >= 0.3 is 0 Å². The van der Waals surface area contributed by atoms with Crippen LogP contribution in [0.2, 0.25) is 10.0 Å². The Kier molecular flexibility index (Phi) is 5.85. The normalized spacial score (nSPS) is 10.7. The van der Waals surface area contributed by atoms with Crippen LogP contribution in [-0.2, 0) is 13.1 Å². The quantitative estimate of drug-likeness (QED) is 0.866. The van der Waals surface area contributed by atoms with Crippen molar-refractivity contribution in [3.05, 3.63) is 57.7 Å². The summed E-state index contributed by atoms with van der Waals surface area (Å²) >= 11 is 12.2. The average Bonchev–Trinajstić information content (AvgIpc) is 2.46. The van der Waals surface area contributed by atoms with Crippen molar-refractivity contribution in [2.24, 2.45) is 0 Å². The number of nitrogens with one attached hydrogen (secondary N) is 1. The zero-order valence-corrected chi connectivity index (χ0v) is 13.7. The predicted octanol–water partition coefficient (Wildman–Crippen LogP) is 4.13. The van der Waals surface area contributed by atoms with Crippen molar-refractivity contribution in [1.29, 1.82) is 0 Å². The molecule has 0 amide bonds. The molecule has 0 aliphatic carbocycles. The highest BCUT2D eigenvalue weighted by atomic mass is 35.5. The summed E-state index contributed by atoms with van der Waals surface area (Å²) in [5, 5.41) is 4.68. The van der Waals surface area contributed by atoms with E-state index in [9.17, 15) is 0 Å². The molecule has 0 saturated carbocycles. The molecule has 0 aliphatic heterocycles. The van der Waals surface area contributed by atoms with Crippen LogP contribution >= 0.6 is 23.2 Å². The summed E-state index contributed by atoms with van der Waals surface area (Å²) in [4.78, 5) is 6.71. The van der Waals surface area contributed by atoms with Gasteiger partial charge in [0.15, 0.2) is 0 Å². The molecule has 0 fully saturated rings. The Morgan fingerprint density at radius 3 is 2.71 bits per heavy atom. The zero-order valence-electron chi connectivity index (χ0n) is 12.2. The summed E-state index contributed by atoms with van der Waals surface area (Å²) < 4.78 is 0. The fourth-order valence-corrected chi connectivity index (χ4v) is 2.43. The third-order valence-corrected chi connectivity index (χ3v) is 3.73. The summed E-state index contributed by atoms with van der Waals surface area (Å²) in [6.45, 7) is 4.37. The number of anilines is 1. The first kappa shape index (κ1) is 16.1. The number of aromatic nitrogens is 1. The van der Waals surface area contributed by atoms with Crippen molar-refractivity contribution in [3.8, 4) is 0 Å². The molecule has 1 N–H and O–H groups in total. The van der Waals surface area contributed by atoms with Crippen LogP contribution in [0.15, 0.2) is 36.4 Å². The minimum atomic E-state index is 0.675. The summed E-state index contributed by atoms with van der Waals surface area (Å²) in [6, 6.07) is 11.7. The highest BCUT2D eigenvalue weighted by molar-refractivity contribution is 6.31. The third-order valence-electron chi connectivity index (χ3n) is 3.15. The molecule has 1 aromatic carbocycles. The molecule has 3 nitrogen and oxygen atoms in total. The van der Waals surface area contributed by atoms with E-state index in [-0.39, 0.29) is 0 Å². The van der Waals surface area contributed by atoms with Crippen LogP contribution in [0.1, 0.15) is 18.2 Å². The largest absolute Gasteiger partial charge is 0.355 e. The molecular weight excluding hydrogens is 305 g/mol. The van der Waals surface area contributed by atoms with Crippen molar-refractivity contribution in [2.75, 3.05) is 18.5 Å². The molecule has 1 heterocycles. The van der Waals surface area contributed by atoms with Gasteiger partial charge in [0.1, 0.15) is 5.82 Å². The molecule has 1 aromatic heterocycles.